The Morgan fingerprint density at radius 2 is 1.75 bits per heavy atom. The zero-order valence-electron chi connectivity index (χ0n) is 12.5. The lowest BCUT2D eigenvalue weighted by Gasteiger charge is -2.39. The van der Waals surface area contributed by atoms with Gasteiger partial charge in [-0.2, -0.15) is 11.8 Å². The first-order chi connectivity index (χ1) is 9.83. The number of rotatable bonds is 4. The first-order valence-corrected chi connectivity index (χ1v) is 9.58. The van der Waals surface area contributed by atoms with E-state index < -0.39 is 0 Å². The molecule has 0 radical (unpaired) electrons. The summed E-state index contributed by atoms with van der Waals surface area (Å²) in [5.41, 5.74) is 0. The fourth-order valence-corrected chi connectivity index (χ4v) is 4.71. The van der Waals surface area contributed by atoms with Gasteiger partial charge in [-0.15, -0.1) is 0 Å². The van der Waals surface area contributed by atoms with Crippen molar-refractivity contribution in [3.8, 4) is 0 Å². The highest BCUT2D eigenvalue weighted by molar-refractivity contribution is 7.99. The molecule has 1 saturated carbocycles. The van der Waals surface area contributed by atoms with Gasteiger partial charge in [-0.25, -0.2) is 0 Å². The molecule has 0 aromatic heterocycles. The number of amides is 1. The SMILES string of the molecule is O=C(NCC1CCN(C2CCSCC2)CC1)C1CCC1. The number of nitrogens with one attached hydrogen (secondary N) is 1. The van der Waals surface area contributed by atoms with Gasteiger partial charge in [-0.1, -0.05) is 6.42 Å². The summed E-state index contributed by atoms with van der Waals surface area (Å²) >= 11 is 2.11. The van der Waals surface area contributed by atoms with Crippen LogP contribution in [0.1, 0.15) is 44.9 Å². The van der Waals surface area contributed by atoms with Gasteiger partial charge in [0.15, 0.2) is 0 Å². The third kappa shape index (κ3) is 3.70. The zero-order valence-corrected chi connectivity index (χ0v) is 13.3. The average molecular weight is 296 g/mol. The predicted molar refractivity (Wildman–Crippen MR) is 85.0 cm³/mol. The summed E-state index contributed by atoms with van der Waals surface area (Å²) in [5, 5.41) is 3.19. The molecule has 2 saturated heterocycles. The summed E-state index contributed by atoms with van der Waals surface area (Å²) in [6.07, 6.45) is 8.79. The lowest BCUT2D eigenvalue weighted by atomic mass is 9.84. The first-order valence-electron chi connectivity index (χ1n) is 8.42. The van der Waals surface area contributed by atoms with E-state index >= 15 is 0 Å². The molecule has 0 atom stereocenters. The van der Waals surface area contributed by atoms with Crippen LogP contribution in [-0.2, 0) is 4.79 Å². The van der Waals surface area contributed by atoms with Crippen molar-refractivity contribution in [1.29, 1.82) is 0 Å². The van der Waals surface area contributed by atoms with Crippen molar-refractivity contribution >= 4 is 17.7 Å². The van der Waals surface area contributed by atoms with E-state index in [-0.39, 0.29) is 0 Å². The molecule has 0 aromatic rings. The predicted octanol–water partition coefficient (Wildman–Crippen LogP) is 2.51. The minimum atomic E-state index is 0.322. The van der Waals surface area contributed by atoms with Crippen LogP contribution in [0, 0.1) is 11.8 Å². The standard InChI is InChI=1S/C16H28N2OS/c19-16(14-2-1-3-14)17-12-13-4-8-18(9-5-13)15-6-10-20-11-7-15/h13-15H,1-12H2,(H,17,19). The number of piperidine rings is 1. The van der Waals surface area contributed by atoms with Crippen LogP contribution < -0.4 is 5.32 Å². The van der Waals surface area contributed by atoms with Gasteiger partial charge in [0, 0.05) is 18.5 Å². The summed E-state index contributed by atoms with van der Waals surface area (Å²) in [6, 6.07) is 0.849. The van der Waals surface area contributed by atoms with Crippen LogP contribution in [0.25, 0.3) is 0 Å². The van der Waals surface area contributed by atoms with Gasteiger partial charge >= 0.3 is 0 Å². The summed E-state index contributed by atoms with van der Waals surface area (Å²) in [5.74, 6) is 4.08. The van der Waals surface area contributed by atoms with Gasteiger partial charge in [0.1, 0.15) is 0 Å². The van der Waals surface area contributed by atoms with E-state index in [1.165, 1.54) is 56.7 Å². The summed E-state index contributed by atoms with van der Waals surface area (Å²) < 4.78 is 0. The fourth-order valence-electron chi connectivity index (χ4n) is 3.63. The number of thioether (sulfide) groups is 1. The zero-order chi connectivity index (χ0) is 13.8. The smallest absolute Gasteiger partial charge is 0.223 e. The van der Waals surface area contributed by atoms with Gasteiger partial charge in [0.25, 0.3) is 0 Å². The molecule has 0 aromatic carbocycles. The fraction of sp³-hybridized carbons (Fsp3) is 0.938. The monoisotopic (exact) mass is 296 g/mol. The Labute approximate surface area is 127 Å². The molecule has 0 spiro atoms. The van der Waals surface area contributed by atoms with E-state index in [9.17, 15) is 4.79 Å². The lowest BCUT2D eigenvalue weighted by molar-refractivity contribution is -0.127. The lowest BCUT2D eigenvalue weighted by Crippen LogP contribution is -2.45. The molecule has 1 amide bonds. The minimum absolute atomic E-state index is 0.322. The normalized spacial score (nSPS) is 27.2. The maximum absolute atomic E-state index is 11.9. The van der Waals surface area contributed by atoms with Crippen molar-refractivity contribution in [2.75, 3.05) is 31.1 Å². The van der Waals surface area contributed by atoms with Crippen molar-refractivity contribution in [2.45, 2.75) is 51.0 Å². The Hall–Kier alpha value is -0.220. The molecular formula is C16H28N2OS. The highest BCUT2D eigenvalue weighted by Gasteiger charge is 2.28. The van der Waals surface area contributed by atoms with Crippen LogP contribution in [0.3, 0.4) is 0 Å². The molecule has 4 heteroatoms. The quantitative estimate of drug-likeness (QED) is 0.865. The molecule has 0 unspecified atom stereocenters. The summed E-state index contributed by atoms with van der Waals surface area (Å²) in [7, 11) is 0. The van der Waals surface area contributed by atoms with E-state index in [4.69, 9.17) is 0 Å². The highest BCUT2D eigenvalue weighted by Crippen LogP contribution is 2.28. The summed E-state index contributed by atoms with van der Waals surface area (Å²) in [6.45, 7) is 3.42. The minimum Gasteiger partial charge on any atom is -0.356 e. The van der Waals surface area contributed by atoms with Gasteiger partial charge in [-0.05, 0) is 69.0 Å². The number of hydrogen-bond acceptors (Lipinski definition) is 3. The number of nitrogens with zero attached hydrogens (tertiary/aromatic N) is 1. The van der Waals surface area contributed by atoms with Gasteiger partial charge in [0.05, 0.1) is 0 Å². The highest BCUT2D eigenvalue weighted by atomic mass is 32.2. The molecule has 2 heterocycles. The third-order valence-corrected chi connectivity index (χ3v) is 6.45. The van der Waals surface area contributed by atoms with Gasteiger partial charge in [0.2, 0.25) is 5.91 Å². The molecule has 1 aliphatic carbocycles. The molecular weight excluding hydrogens is 268 g/mol. The number of hydrogen-bond donors (Lipinski definition) is 1. The molecule has 3 aliphatic rings. The first kappa shape index (κ1) is 14.7. The Morgan fingerprint density at radius 3 is 2.35 bits per heavy atom. The van der Waals surface area contributed by atoms with Crippen molar-refractivity contribution in [1.82, 2.24) is 10.2 Å². The Morgan fingerprint density at radius 1 is 1.05 bits per heavy atom. The van der Waals surface area contributed by atoms with Crippen molar-refractivity contribution in [3.05, 3.63) is 0 Å². The van der Waals surface area contributed by atoms with E-state index in [0.29, 0.717) is 17.7 Å². The maximum Gasteiger partial charge on any atom is 0.223 e. The number of likely N-dealkylation sites (tertiary alicyclic amines) is 1. The topological polar surface area (TPSA) is 32.3 Å². The van der Waals surface area contributed by atoms with Gasteiger partial charge in [-0.3, -0.25) is 4.79 Å². The van der Waals surface area contributed by atoms with E-state index in [0.717, 1.165) is 25.4 Å². The molecule has 3 fully saturated rings. The molecule has 114 valence electrons. The maximum atomic E-state index is 11.9. The van der Waals surface area contributed by atoms with Crippen LogP contribution in [0.4, 0.5) is 0 Å². The van der Waals surface area contributed by atoms with Gasteiger partial charge < -0.3 is 10.2 Å². The van der Waals surface area contributed by atoms with E-state index in [1.807, 2.05) is 0 Å². The second kappa shape index (κ2) is 7.17. The third-order valence-electron chi connectivity index (χ3n) is 5.40. The second-order valence-corrected chi connectivity index (χ2v) is 7.92. The van der Waals surface area contributed by atoms with Crippen molar-refractivity contribution in [3.63, 3.8) is 0 Å². The molecule has 2 aliphatic heterocycles. The van der Waals surface area contributed by atoms with Crippen LogP contribution >= 0.6 is 11.8 Å². The molecule has 1 N–H and O–H groups in total. The molecule has 0 bridgehead atoms. The van der Waals surface area contributed by atoms with Crippen LogP contribution in [0.15, 0.2) is 0 Å². The molecule has 20 heavy (non-hydrogen) atoms. The van der Waals surface area contributed by atoms with Crippen LogP contribution in [0.2, 0.25) is 0 Å². The second-order valence-electron chi connectivity index (χ2n) is 6.70. The average Bonchev–Trinajstić information content (AvgIpc) is 2.45. The van der Waals surface area contributed by atoms with Crippen molar-refractivity contribution < 1.29 is 4.79 Å². The van der Waals surface area contributed by atoms with Crippen LogP contribution in [0.5, 0.6) is 0 Å². The Balaban J connectivity index is 1.34. The van der Waals surface area contributed by atoms with E-state index in [2.05, 4.69) is 22.0 Å². The van der Waals surface area contributed by atoms with Crippen LogP contribution in [-0.4, -0.2) is 48.0 Å². The van der Waals surface area contributed by atoms with E-state index in [1.54, 1.807) is 0 Å². The largest absolute Gasteiger partial charge is 0.356 e. The summed E-state index contributed by atoms with van der Waals surface area (Å²) in [4.78, 5) is 14.6. The van der Waals surface area contributed by atoms with Crippen molar-refractivity contribution in [2.24, 2.45) is 11.8 Å². The number of carbonyl (C=O) groups is 1. The Bertz CT molecular complexity index is 318. The molecule has 3 rings (SSSR count). The Kier molecular flexibility index (Phi) is 5.27. The molecule has 3 nitrogen and oxygen atoms in total. The number of carbonyl (C=O) groups excluding carboxylic acids is 1.